The van der Waals surface area contributed by atoms with Crippen molar-refractivity contribution >= 4 is 23.3 Å². The number of halogens is 1. The molecule has 1 rings (SSSR count). The summed E-state index contributed by atoms with van der Waals surface area (Å²) in [4.78, 5) is 22.7. The lowest BCUT2D eigenvalue weighted by Crippen LogP contribution is -2.36. The third-order valence-corrected chi connectivity index (χ3v) is 2.67. The third kappa shape index (κ3) is 6.22. The Morgan fingerprint density at radius 2 is 2.05 bits per heavy atom. The zero-order valence-electron chi connectivity index (χ0n) is 12.3. The molecular weight excluding hydrogens is 277 g/mol. The Bertz CT molecular complexity index is 508. The number of hydrogen-bond acceptors (Lipinski definition) is 3. The summed E-state index contributed by atoms with van der Waals surface area (Å²) in [5.74, 6) is -0.853. The number of amides is 3. The molecule has 0 aliphatic rings. The minimum Gasteiger partial charge on any atom is -0.385 e. The van der Waals surface area contributed by atoms with Crippen molar-refractivity contribution in [3.05, 3.63) is 24.0 Å². The number of benzene rings is 1. The Balaban J connectivity index is 2.64. The van der Waals surface area contributed by atoms with Gasteiger partial charge in [0.05, 0.1) is 5.69 Å². The zero-order valence-corrected chi connectivity index (χ0v) is 12.3. The van der Waals surface area contributed by atoms with Crippen LogP contribution >= 0.6 is 0 Å². The summed E-state index contributed by atoms with van der Waals surface area (Å²) in [6.45, 7) is 3.69. The quantitative estimate of drug-likeness (QED) is 0.754. The summed E-state index contributed by atoms with van der Waals surface area (Å²) >= 11 is 0. The molecule has 1 aromatic rings. The minimum atomic E-state index is -0.580. The highest BCUT2D eigenvalue weighted by Gasteiger charge is 2.11. The van der Waals surface area contributed by atoms with E-state index in [4.69, 9.17) is 4.74 Å². The molecule has 0 spiro atoms. The molecule has 116 valence electrons. The van der Waals surface area contributed by atoms with E-state index in [9.17, 15) is 14.0 Å². The highest BCUT2D eigenvalue weighted by molar-refractivity contribution is 5.92. The number of ether oxygens (including phenoxy) is 1. The van der Waals surface area contributed by atoms with E-state index in [2.05, 4.69) is 16.0 Å². The van der Waals surface area contributed by atoms with Crippen LogP contribution in [-0.2, 0) is 9.53 Å². The molecule has 1 unspecified atom stereocenters. The number of carbonyl (C=O) groups is 2. The first kappa shape index (κ1) is 16.9. The number of rotatable bonds is 6. The summed E-state index contributed by atoms with van der Waals surface area (Å²) < 4.78 is 18.5. The smallest absolute Gasteiger partial charge is 0.319 e. The third-order valence-electron chi connectivity index (χ3n) is 2.67. The average Bonchev–Trinajstić information content (AvgIpc) is 2.39. The molecule has 6 nitrogen and oxygen atoms in total. The van der Waals surface area contributed by atoms with Crippen LogP contribution in [-0.4, -0.2) is 31.7 Å². The van der Waals surface area contributed by atoms with Gasteiger partial charge in [0.2, 0.25) is 5.91 Å². The summed E-state index contributed by atoms with van der Waals surface area (Å²) in [7, 11) is 1.58. The predicted molar refractivity (Wildman–Crippen MR) is 78.8 cm³/mol. The lowest BCUT2D eigenvalue weighted by molar-refractivity contribution is -0.114. The van der Waals surface area contributed by atoms with Crippen molar-refractivity contribution in [3.63, 3.8) is 0 Å². The molecule has 0 aliphatic heterocycles. The summed E-state index contributed by atoms with van der Waals surface area (Å²) in [6.07, 6.45) is 0.651. The average molecular weight is 297 g/mol. The monoisotopic (exact) mass is 297 g/mol. The van der Waals surface area contributed by atoms with Gasteiger partial charge in [-0.2, -0.15) is 0 Å². The van der Waals surface area contributed by atoms with Gasteiger partial charge in [-0.1, -0.05) is 0 Å². The molecular formula is C14H20FN3O3. The van der Waals surface area contributed by atoms with Crippen molar-refractivity contribution in [2.24, 2.45) is 0 Å². The number of nitrogens with one attached hydrogen (secondary N) is 3. The second-order valence-corrected chi connectivity index (χ2v) is 4.66. The molecule has 0 radical (unpaired) electrons. The van der Waals surface area contributed by atoms with E-state index >= 15 is 0 Å². The van der Waals surface area contributed by atoms with Crippen molar-refractivity contribution in [2.75, 3.05) is 24.4 Å². The summed E-state index contributed by atoms with van der Waals surface area (Å²) in [6, 6.07) is 3.33. The van der Waals surface area contributed by atoms with E-state index in [1.807, 2.05) is 6.92 Å². The molecule has 0 fully saturated rings. The van der Waals surface area contributed by atoms with Crippen LogP contribution in [0, 0.1) is 5.82 Å². The standard InChI is InChI=1S/C14H20FN3O3/c1-9(6-7-21-3)16-14(20)18-13-8-11(17-10(2)19)4-5-12(13)15/h4-5,8-9H,6-7H2,1-3H3,(H,17,19)(H2,16,18,20). The molecule has 3 N–H and O–H groups in total. The number of hydrogen-bond donors (Lipinski definition) is 3. The largest absolute Gasteiger partial charge is 0.385 e. The highest BCUT2D eigenvalue weighted by Crippen LogP contribution is 2.19. The van der Waals surface area contributed by atoms with Crippen molar-refractivity contribution in [1.82, 2.24) is 5.32 Å². The first-order valence-corrected chi connectivity index (χ1v) is 6.56. The van der Waals surface area contributed by atoms with Gasteiger partial charge in [0, 0.05) is 32.4 Å². The van der Waals surface area contributed by atoms with Crippen LogP contribution in [0.25, 0.3) is 0 Å². The van der Waals surface area contributed by atoms with Gasteiger partial charge in [0.1, 0.15) is 5.82 Å². The van der Waals surface area contributed by atoms with Crippen LogP contribution in [0.5, 0.6) is 0 Å². The molecule has 3 amide bonds. The fourth-order valence-electron chi connectivity index (χ4n) is 1.65. The summed E-state index contributed by atoms with van der Waals surface area (Å²) in [5, 5.41) is 7.60. The lowest BCUT2D eigenvalue weighted by atomic mass is 10.2. The highest BCUT2D eigenvalue weighted by atomic mass is 19.1. The van der Waals surface area contributed by atoms with E-state index in [-0.39, 0.29) is 17.6 Å². The predicted octanol–water partition coefficient (Wildman–Crippen LogP) is 2.33. The second kappa shape index (κ2) is 8.21. The van der Waals surface area contributed by atoms with Gasteiger partial charge in [0.15, 0.2) is 0 Å². The Morgan fingerprint density at radius 1 is 1.33 bits per heavy atom. The maximum atomic E-state index is 13.6. The van der Waals surface area contributed by atoms with Gasteiger partial charge in [-0.25, -0.2) is 9.18 Å². The van der Waals surface area contributed by atoms with Crippen molar-refractivity contribution in [1.29, 1.82) is 0 Å². The molecule has 7 heteroatoms. The van der Waals surface area contributed by atoms with Crippen molar-refractivity contribution < 1.29 is 18.7 Å². The zero-order chi connectivity index (χ0) is 15.8. The van der Waals surface area contributed by atoms with Gasteiger partial charge in [0.25, 0.3) is 0 Å². The van der Waals surface area contributed by atoms with Crippen LogP contribution < -0.4 is 16.0 Å². The van der Waals surface area contributed by atoms with Crippen LogP contribution in [0.3, 0.4) is 0 Å². The fourth-order valence-corrected chi connectivity index (χ4v) is 1.65. The van der Waals surface area contributed by atoms with E-state index in [1.165, 1.54) is 25.1 Å². The Kier molecular flexibility index (Phi) is 6.61. The van der Waals surface area contributed by atoms with E-state index < -0.39 is 11.8 Å². The van der Waals surface area contributed by atoms with Gasteiger partial charge in [-0.3, -0.25) is 4.79 Å². The first-order chi connectivity index (χ1) is 9.92. The van der Waals surface area contributed by atoms with Crippen LogP contribution in [0.4, 0.5) is 20.6 Å². The number of anilines is 2. The Hall–Kier alpha value is -2.15. The van der Waals surface area contributed by atoms with Crippen LogP contribution in [0.15, 0.2) is 18.2 Å². The molecule has 0 saturated heterocycles. The molecule has 21 heavy (non-hydrogen) atoms. The first-order valence-electron chi connectivity index (χ1n) is 6.56. The molecule has 0 saturated carbocycles. The van der Waals surface area contributed by atoms with Gasteiger partial charge < -0.3 is 20.7 Å². The topological polar surface area (TPSA) is 79.5 Å². The van der Waals surface area contributed by atoms with Gasteiger partial charge in [-0.15, -0.1) is 0 Å². The SMILES string of the molecule is COCCC(C)NC(=O)Nc1cc(NC(C)=O)ccc1F. The fraction of sp³-hybridized carbons (Fsp3) is 0.429. The van der Waals surface area contributed by atoms with Crippen LogP contribution in [0.1, 0.15) is 20.3 Å². The normalized spacial score (nSPS) is 11.6. The molecule has 0 bridgehead atoms. The van der Waals surface area contributed by atoms with Crippen molar-refractivity contribution in [2.45, 2.75) is 26.3 Å². The number of urea groups is 1. The molecule has 1 aromatic carbocycles. The lowest BCUT2D eigenvalue weighted by Gasteiger charge is -2.15. The summed E-state index contributed by atoms with van der Waals surface area (Å²) in [5.41, 5.74) is 0.407. The maximum absolute atomic E-state index is 13.6. The van der Waals surface area contributed by atoms with E-state index in [0.717, 1.165) is 0 Å². The molecule has 0 aromatic heterocycles. The van der Waals surface area contributed by atoms with Crippen LogP contribution in [0.2, 0.25) is 0 Å². The van der Waals surface area contributed by atoms with E-state index in [0.29, 0.717) is 18.7 Å². The van der Waals surface area contributed by atoms with Crippen molar-refractivity contribution in [3.8, 4) is 0 Å². The Labute approximate surface area is 123 Å². The molecule has 1 atom stereocenters. The minimum absolute atomic E-state index is 0.00214. The van der Waals surface area contributed by atoms with E-state index in [1.54, 1.807) is 7.11 Å². The second-order valence-electron chi connectivity index (χ2n) is 4.66. The Morgan fingerprint density at radius 3 is 2.67 bits per heavy atom. The number of methoxy groups -OCH3 is 1. The van der Waals surface area contributed by atoms with Gasteiger partial charge in [-0.05, 0) is 31.5 Å². The number of carbonyl (C=O) groups excluding carboxylic acids is 2. The molecule has 0 heterocycles. The van der Waals surface area contributed by atoms with Gasteiger partial charge >= 0.3 is 6.03 Å². The maximum Gasteiger partial charge on any atom is 0.319 e. The molecule has 0 aliphatic carbocycles.